The largest absolute Gasteiger partial charge is 0.460 e. The zero-order chi connectivity index (χ0) is 12.0. The van der Waals surface area contributed by atoms with Crippen LogP contribution in [0, 0.1) is 0 Å². The van der Waals surface area contributed by atoms with Crippen LogP contribution in [0.4, 0.5) is 0 Å². The van der Waals surface area contributed by atoms with Crippen LogP contribution >= 0.6 is 0 Å². The summed E-state index contributed by atoms with van der Waals surface area (Å²) in [5, 5.41) is 0. The van der Waals surface area contributed by atoms with Crippen molar-refractivity contribution < 1.29 is 9.53 Å². The van der Waals surface area contributed by atoms with Crippen molar-refractivity contribution >= 4 is 5.97 Å². The van der Waals surface area contributed by atoms with Gasteiger partial charge in [-0.3, -0.25) is 4.79 Å². The SMILES string of the molecule is C=C(C)C[C@H](N)C(=O)OCc1ccccc1. The fourth-order valence-corrected chi connectivity index (χ4v) is 1.29. The van der Waals surface area contributed by atoms with E-state index in [1.807, 2.05) is 37.3 Å². The summed E-state index contributed by atoms with van der Waals surface area (Å²) < 4.78 is 5.09. The van der Waals surface area contributed by atoms with Crippen LogP contribution in [-0.4, -0.2) is 12.0 Å². The number of esters is 1. The van der Waals surface area contributed by atoms with Crippen LogP contribution in [0.5, 0.6) is 0 Å². The molecule has 0 aliphatic heterocycles. The Kier molecular flexibility index (Phi) is 4.73. The molecule has 1 aromatic carbocycles. The topological polar surface area (TPSA) is 52.3 Å². The monoisotopic (exact) mass is 219 g/mol. The van der Waals surface area contributed by atoms with Crippen molar-refractivity contribution in [3.63, 3.8) is 0 Å². The lowest BCUT2D eigenvalue weighted by atomic mass is 10.1. The van der Waals surface area contributed by atoms with Gasteiger partial charge in [0.25, 0.3) is 0 Å². The van der Waals surface area contributed by atoms with Gasteiger partial charge in [0.15, 0.2) is 0 Å². The molecule has 0 saturated carbocycles. The molecule has 0 fully saturated rings. The maximum Gasteiger partial charge on any atom is 0.323 e. The summed E-state index contributed by atoms with van der Waals surface area (Å²) in [7, 11) is 0. The first-order valence-electron chi connectivity index (χ1n) is 5.20. The van der Waals surface area contributed by atoms with Crippen LogP contribution in [0.2, 0.25) is 0 Å². The van der Waals surface area contributed by atoms with E-state index in [1.54, 1.807) is 0 Å². The van der Waals surface area contributed by atoms with Gasteiger partial charge in [-0.1, -0.05) is 35.9 Å². The average Bonchev–Trinajstić information content (AvgIpc) is 2.26. The van der Waals surface area contributed by atoms with E-state index in [0.29, 0.717) is 6.42 Å². The maximum absolute atomic E-state index is 11.5. The molecule has 1 aromatic rings. The first-order chi connectivity index (χ1) is 7.59. The molecule has 3 nitrogen and oxygen atoms in total. The molecule has 3 heteroatoms. The second-order valence-corrected chi connectivity index (χ2v) is 3.86. The van der Waals surface area contributed by atoms with Crippen LogP contribution in [0.1, 0.15) is 18.9 Å². The molecular weight excluding hydrogens is 202 g/mol. The van der Waals surface area contributed by atoms with Gasteiger partial charge in [0.2, 0.25) is 0 Å². The van der Waals surface area contributed by atoms with Crippen molar-refractivity contribution in [2.24, 2.45) is 5.73 Å². The lowest BCUT2D eigenvalue weighted by Gasteiger charge is -2.11. The van der Waals surface area contributed by atoms with Crippen LogP contribution in [0.15, 0.2) is 42.5 Å². The van der Waals surface area contributed by atoms with Gasteiger partial charge >= 0.3 is 5.97 Å². The number of hydrogen-bond acceptors (Lipinski definition) is 3. The average molecular weight is 219 g/mol. The lowest BCUT2D eigenvalue weighted by Crippen LogP contribution is -2.32. The molecule has 0 heterocycles. The number of benzene rings is 1. The van der Waals surface area contributed by atoms with Crippen molar-refractivity contribution in [3.05, 3.63) is 48.0 Å². The molecule has 0 radical (unpaired) electrons. The zero-order valence-corrected chi connectivity index (χ0v) is 9.48. The third kappa shape index (κ3) is 4.28. The molecule has 0 unspecified atom stereocenters. The van der Waals surface area contributed by atoms with Gasteiger partial charge in [-0.2, -0.15) is 0 Å². The number of carbonyl (C=O) groups excluding carboxylic acids is 1. The lowest BCUT2D eigenvalue weighted by molar-refractivity contribution is -0.146. The highest BCUT2D eigenvalue weighted by molar-refractivity contribution is 5.75. The summed E-state index contributed by atoms with van der Waals surface area (Å²) in [6.45, 7) is 5.81. The van der Waals surface area contributed by atoms with Gasteiger partial charge in [-0.15, -0.1) is 6.58 Å². The molecular formula is C13H17NO2. The van der Waals surface area contributed by atoms with Gasteiger partial charge in [-0.25, -0.2) is 0 Å². The molecule has 2 N–H and O–H groups in total. The Bertz CT molecular complexity index is 359. The minimum Gasteiger partial charge on any atom is -0.460 e. The Balaban J connectivity index is 2.38. The summed E-state index contributed by atoms with van der Waals surface area (Å²) in [6.07, 6.45) is 0.466. The normalized spacial score (nSPS) is 11.9. The first-order valence-corrected chi connectivity index (χ1v) is 5.20. The second kappa shape index (κ2) is 6.08. The first kappa shape index (κ1) is 12.5. The molecule has 1 atom stereocenters. The zero-order valence-electron chi connectivity index (χ0n) is 9.48. The Morgan fingerprint density at radius 3 is 2.62 bits per heavy atom. The molecule has 0 saturated heterocycles. The minimum absolute atomic E-state index is 0.267. The Hall–Kier alpha value is -1.61. The van der Waals surface area contributed by atoms with Crippen molar-refractivity contribution in [1.82, 2.24) is 0 Å². The van der Waals surface area contributed by atoms with Crippen molar-refractivity contribution in [2.75, 3.05) is 0 Å². The number of nitrogens with two attached hydrogens (primary N) is 1. The highest BCUT2D eigenvalue weighted by atomic mass is 16.5. The van der Waals surface area contributed by atoms with Gasteiger partial charge in [0, 0.05) is 0 Å². The third-order valence-corrected chi connectivity index (χ3v) is 2.10. The Morgan fingerprint density at radius 2 is 2.06 bits per heavy atom. The van der Waals surface area contributed by atoms with E-state index in [-0.39, 0.29) is 12.6 Å². The molecule has 0 spiro atoms. The highest BCUT2D eigenvalue weighted by Crippen LogP contribution is 2.05. The Labute approximate surface area is 95.9 Å². The van der Waals surface area contributed by atoms with E-state index in [0.717, 1.165) is 11.1 Å². The van der Waals surface area contributed by atoms with Crippen LogP contribution in [0.3, 0.4) is 0 Å². The number of ether oxygens (including phenoxy) is 1. The molecule has 0 aliphatic carbocycles. The summed E-state index contributed by atoms with van der Waals surface area (Å²) in [4.78, 5) is 11.5. The number of hydrogen-bond donors (Lipinski definition) is 1. The van der Waals surface area contributed by atoms with Gasteiger partial charge in [-0.05, 0) is 18.9 Å². The van der Waals surface area contributed by atoms with Gasteiger partial charge in [0.05, 0.1) is 0 Å². The van der Waals surface area contributed by atoms with Crippen molar-refractivity contribution in [1.29, 1.82) is 0 Å². The predicted molar refractivity (Wildman–Crippen MR) is 63.6 cm³/mol. The van der Waals surface area contributed by atoms with Crippen LogP contribution < -0.4 is 5.73 Å². The fourth-order valence-electron chi connectivity index (χ4n) is 1.29. The number of carbonyl (C=O) groups is 1. The van der Waals surface area contributed by atoms with E-state index < -0.39 is 6.04 Å². The summed E-state index contributed by atoms with van der Waals surface area (Å²) >= 11 is 0. The molecule has 0 amide bonds. The third-order valence-electron chi connectivity index (χ3n) is 2.10. The van der Waals surface area contributed by atoms with E-state index in [4.69, 9.17) is 10.5 Å². The molecule has 86 valence electrons. The highest BCUT2D eigenvalue weighted by Gasteiger charge is 2.14. The van der Waals surface area contributed by atoms with Gasteiger partial charge in [0.1, 0.15) is 12.6 Å². The van der Waals surface area contributed by atoms with Crippen LogP contribution in [-0.2, 0) is 16.1 Å². The summed E-state index contributed by atoms with van der Waals surface area (Å²) in [5.74, 6) is -0.383. The van der Waals surface area contributed by atoms with Crippen molar-refractivity contribution in [2.45, 2.75) is 26.0 Å². The van der Waals surface area contributed by atoms with Crippen molar-refractivity contribution in [3.8, 4) is 0 Å². The molecule has 0 bridgehead atoms. The standard InChI is InChI=1S/C13H17NO2/c1-10(2)8-12(14)13(15)16-9-11-6-4-3-5-7-11/h3-7,12H,1,8-9,14H2,2H3/t12-/m0/s1. The Morgan fingerprint density at radius 1 is 1.44 bits per heavy atom. The van der Waals surface area contributed by atoms with E-state index in [2.05, 4.69) is 6.58 Å². The van der Waals surface area contributed by atoms with Crippen LogP contribution in [0.25, 0.3) is 0 Å². The van der Waals surface area contributed by atoms with Gasteiger partial charge < -0.3 is 10.5 Å². The smallest absolute Gasteiger partial charge is 0.323 e. The number of rotatable bonds is 5. The second-order valence-electron chi connectivity index (χ2n) is 3.86. The van der Waals surface area contributed by atoms with E-state index in [9.17, 15) is 4.79 Å². The maximum atomic E-state index is 11.5. The summed E-state index contributed by atoms with van der Waals surface area (Å²) in [6, 6.07) is 8.91. The molecule has 0 aliphatic rings. The quantitative estimate of drug-likeness (QED) is 0.609. The van der Waals surface area contributed by atoms with E-state index >= 15 is 0 Å². The fraction of sp³-hybridized carbons (Fsp3) is 0.308. The van der Waals surface area contributed by atoms with E-state index in [1.165, 1.54) is 0 Å². The molecule has 1 rings (SSSR count). The molecule has 0 aromatic heterocycles. The minimum atomic E-state index is -0.610. The molecule has 16 heavy (non-hydrogen) atoms. The predicted octanol–water partition coefficient (Wildman–Crippen LogP) is 2.02. The summed E-state index contributed by atoms with van der Waals surface area (Å²) in [5.41, 5.74) is 7.48.